The van der Waals surface area contributed by atoms with Crippen LogP contribution in [0.2, 0.25) is 0 Å². The lowest BCUT2D eigenvalue weighted by atomic mass is 9.97. The molecule has 0 radical (unpaired) electrons. The van der Waals surface area contributed by atoms with E-state index in [2.05, 4.69) is 64.7 Å². The van der Waals surface area contributed by atoms with Crippen LogP contribution in [-0.2, 0) is 0 Å². The summed E-state index contributed by atoms with van der Waals surface area (Å²) in [6.45, 7) is 5.17. The zero-order valence-corrected chi connectivity index (χ0v) is 15.6. The number of H-pyrrole nitrogens is 1. The monoisotopic (exact) mass is 359 g/mol. The SMILES string of the molecule is CC(C1CNc2ccccc2O1)N1CC=C(c2c[nH]c3ccccc23)CC1. The molecule has 2 aromatic carbocycles. The van der Waals surface area contributed by atoms with Gasteiger partial charge in [-0.05, 0) is 37.1 Å². The van der Waals surface area contributed by atoms with Crippen molar-refractivity contribution in [3.8, 4) is 5.75 Å². The second-order valence-electron chi connectivity index (χ2n) is 7.50. The molecule has 0 amide bonds. The van der Waals surface area contributed by atoms with Crippen LogP contribution in [0.1, 0.15) is 18.9 Å². The van der Waals surface area contributed by atoms with Gasteiger partial charge in [0.2, 0.25) is 0 Å². The number of rotatable bonds is 3. The largest absolute Gasteiger partial charge is 0.485 e. The van der Waals surface area contributed by atoms with Gasteiger partial charge in [-0.15, -0.1) is 0 Å². The number of nitrogens with zero attached hydrogens (tertiary/aromatic N) is 1. The molecule has 0 bridgehead atoms. The first-order valence-corrected chi connectivity index (χ1v) is 9.79. The van der Waals surface area contributed by atoms with Crippen molar-refractivity contribution in [1.82, 2.24) is 9.88 Å². The fourth-order valence-corrected chi connectivity index (χ4v) is 4.27. The standard InChI is InChI=1S/C23H25N3O/c1-16(23-15-25-21-8-4-5-9-22(21)27-23)26-12-10-17(11-13-26)19-14-24-20-7-3-2-6-18(19)20/h2-10,14,16,23-25H,11-13,15H2,1H3. The maximum absolute atomic E-state index is 6.27. The van der Waals surface area contributed by atoms with Crippen LogP contribution >= 0.6 is 0 Å². The highest BCUT2D eigenvalue weighted by Crippen LogP contribution is 2.32. The van der Waals surface area contributed by atoms with Crippen molar-refractivity contribution >= 4 is 22.2 Å². The van der Waals surface area contributed by atoms with Crippen LogP contribution in [-0.4, -0.2) is 41.7 Å². The molecular formula is C23H25N3O. The summed E-state index contributed by atoms with van der Waals surface area (Å²) in [5.74, 6) is 0.965. The number of hydrogen-bond acceptors (Lipinski definition) is 3. The Balaban J connectivity index is 1.30. The van der Waals surface area contributed by atoms with Gasteiger partial charge in [-0.3, -0.25) is 4.90 Å². The van der Waals surface area contributed by atoms with E-state index in [1.165, 1.54) is 22.0 Å². The zero-order chi connectivity index (χ0) is 18.2. The lowest BCUT2D eigenvalue weighted by Crippen LogP contribution is -2.50. The number of ether oxygens (including phenoxy) is 1. The van der Waals surface area contributed by atoms with Crippen LogP contribution in [0.25, 0.3) is 16.5 Å². The molecule has 5 rings (SSSR count). The van der Waals surface area contributed by atoms with Crippen LogP contribution in [0.15, 0.2) is 60.8 Å². The number of para-hydroxylation sites is 3. The molecule has 2 aliphatic heterocycles. The topological polar surface area (TPSA) is 40.3 Å². The lowest BCUT2D eigenvalue weighted by Gasteiger charge is -2.38. The lowest BCUT2D eigenvalue weighted by molar-refractivity contribution is 0.0866. The fourth-order valence-electron chi connectivity index (χ4n) is 4.27. The van der Waals surface area contributed by atoms with Gasteiger partial charge < -0.3 is 15.0 Å². The first-order valence-electron chi connectivity index (χ1n) is 9.79. The van der Waals surface area contributed by atoms with Gasteiger partial charge in [-0.25, -0.2) is 0 Å². The van der Waals surface area contributed by atoms with Crippen LogP contribution in [0, 0.1) is 0 Å². The summed E-state index contributed by atoms with van der Waals surface area (Å²) in [6, 6.07) is 17.1. The molecule has 4 nitrogen and oxygen atoms in total. The van der Waals surface area contributed by atoms with Crippen molar-refractivity contribution < 1.29 is 4.74 Å². The Kier molecular flexibility index (Phi) is 4.13. The number of aromatic amines is 1. The van der Waals surface area contributed by atoms with E-state index in [1.807, 2.05) is 18.2 Å². The van der Waals surface area contributed by atoms with E-state index in [4.69, 9.17) is 4.74 Å². The second-order valence-corrected chi connectivity index (χ2v) is 7.50. The van der Waals surface area contributed by atoms with E-state index in [0.29, 0.717) is 6.04 Å². The summed E-state index contributed by atoms with van der Waals surface area (Å²) < 4.78 is 6.27. The third kappa shape index (κ3) is 3.00. The number of hydrogen-bond donors (Lipinski definition) is 2. The summed E-state index contributed by atoms with van der Waals surface area (Å²) in [6.07, 6.45) is 5.78. The summed E-state index contributed by atoms with van der Waals surface area (Å²) in [5, 5.41) is 4.83. The molecular weight excluding hydrogens is 334 g/mol. The minimum atomic E-state index is 0.169. The molecule has 0 saturated carbocycles. The minimum Gasteiger partial charge on any atom is -0.485 e. The van der Waals surface area contributed by atoms with Crippen LogP contribution in [0.5, 0.6) is 5.75 Å². The predicted molar refractivity (Wildman–Crippen MR) is 111 cm³/mol. The Morgan fingerprint density at radius 2 is 1.96 bits per heavy atom. The van der Waals surface area contributed by atoms with E-state index in [0.717, 1.165) is 37.5 Å². The molecule has 0 saturated heterocycles. The Bertz CT molecular complexity index is 990. The Labute approximate surface area is 159 Å². The minimum absolute atomic E-state index is 0.169. The van der Waals surface area contributed by atoms with Crippen LogP contribution in [0.4, 0.5) is 5.69 Å². The van der Waals surface area contributed by atoms with Gasteiger partial charge in [-0.2, -0.15) is 0 Å². The fraction of sp³-hybridized carbons (Fsp3) is 0.304. The summed E-state index contributed by atoms with van der Waals surface area (Å²) in [5.41, 5.74) is 5.11. The van der Waals surface area contributed by atoms with E-state index in [9.17, 15) is 0 Å². The highest BCUT2D eigenvalue weighted by atomic mass is 16.5. The van der Waals surface area contributed by atoms with Crippen molar-refractivity contribution in [2.75, 3.05) is 25.0 Å². The van der Waals surface area contributed by atoms with Crippen LogP contribution < -0.4 is 10.1 Å². The molecule has 1 aromatic heterocycles. The Morgan fingerprint density at radius 1 is 1.11 bits per heavy atom. The van der Waals surface area contributed by atoms with Gasteiger partial charge in [0, 0.05) is 41.8 Å². The van der Waals surface area contributed by atoms with Crippen molar-refractivity contribution in [2.45, 2.75) is 25.5 Å². The van der Waals surface area contributed by atoms with Crippen molar-refractivity contribution in [3.05, 3.63) is 66.4 Å². The third-order valence-electron chi connectivity index (χ3n) is 5.95. The number of anilines is 1. The average molecular weight is 359 g/mol. The summed E-state index contributed by atoms with van der Waals surface area (Å²) in [7, 11) is 0. The van der Waals surface area contributed by atoms with Gasteiger partial charge in [0.25, 0.3) is 0 Å². The van der Waals surface area contributed by atoms with Gasteiger partial charge in [0.1, 0.15) is 11.9 Å². The molecule has 2 N–H and O–H groups in total. The molecule has 138 valence electrons. The molecule has 27 heavy (non-hydrogen) atoms. The smallest absolute Gasteiger partial charge is 0.142 e. The highest BCUT2D eigenvalue weighted by Gasteiger charge is 2.29. The molecule has 2 aliphatic rings. The average Bonchev–Trinajstić information content (AvgIpc) is 3.17. The van der Waals surface area contributed by atoms with E-state index < -0.39 is 0 Å². The third-order valence-corrected chi connectivity index (χ3v) is 5.95. The second kappa shape index (κ2) is 6.78. The number of benzene rings is 2. The first-order chi connectivity index (χ1) is 13.3. The van der Waals surface area contributed by atoms with E-state index >= 15 is 0 Å². The molecule has 0 spiro atoms. The zero-order valence-electron chi connectivity index (χ0n) is 15.6. The number of nitrogens with one attached hydrogen (secondary N) is 2. The molecule has 0 aliphatic carbocycles. The van der Waals surface area contributed by atoms with E-state index in [1.54, 1.807) is 0 Å². The van der Waals surface area contributed by atoms with Crippen molar-refractivity contribution in [2.24, 2.45) is 0 Å². The molecule has 0 fully saturated rings. The first kappa shape index (κ1) is 16.5. The van der Waals surface area contributed by atoms with Gasteiger partial charge in [-0.1, -0.05) is 36.4 Å². The predicted octanol–water partition coefficient (Wildman–Crippen LogP) is 4.52. The number of aromatic nitrogens is 1. The molecule has 3 aromatic rings. The maximum Gasteiger partial charge on any atom is 0.142 e. The van der Waals surface area contributed by atoms with Gasteiger partial charge >= 0.3 is 0 Å². The molecule has 2 unspecified atom stereocenters. The molecule has 2 atom stereocenters. The summed E-state index contributed by atoms with van der Waals surface area (Å²) in [4.78, 5) is 5.92. The summed E-state index contributed by atoms with van der Waals surface area (Å²) >= 11 is 0. The maximum atomic E-state index is 6.27. The van der Waals surface area contributed by atoms with Crippen molar-refractivity contribution in [3.63, 3.8) is 0 Å². The molecule has 4 heteroatoms. The number of fused-ring (bicyclic) bond motifs is 2. The van der Waals surface area contributed by atoms with Gasteiger partial charge in [0.15, 0.2) is 0 Å². The van der Waals surface area contributed by atoms with Crippen LogP contribution in [0.3, 0.4) is 0 Å². The Morgan fingerprint density at radius 3 is 2.85 bits per heavy atom. The van der Waals surface area contributed by atoms with Crippen molar-refractivity contribution in [1.29, 1.82) is 0 Å². The van der Waals surface area contributed by atoms with Gasteiger partial charge in [0.05, 0.1) is 12.2 Å². The quantitative estimate of drug-likeness (QED) is 0.722. The molecule has 3 heterocycles. The van der Waals surface area contributed by atoms with E-state index in [-0.39, 0.29) is 6.10 Å². The highest BCUT2D eigenvalue weighted by molar-refractivity contribution is 5.92. The Hall–Kier alpha value is -2.72. The normalized spacial score (nSPS) is 21.1.